The molecule has 0 saturated carbocycles. The van der Waals surface area contributed by atoms with Gasteiger partial charge in [0.1, 0.15) is 54.4 Å². The second-order valence-corrected chi connectivity index (χ2v) is 25.1. The van der Waals surface area contributed by atoms with Crippen molar-refractivity contribution < 1.29 is 62.3 Å². The van der Waals surface area contributed by atoms with E-state index in [1.165, 1.54) is 21.6 Å². The van der Waals surface area contributed by atoms with Crippen molar-refractivity contribution in [3.05, 3.63) is 71.8 Å². The van der Waals surface area contributed by atoms with Crippen LogP contribution < -0.4 is 82.7 Å². The molecule has 32 heteroatoms. The summed E-state index contributed by atoms with van der Waals surface area (Å²) < 4.78 is 0. The van der Waals surface area contributed by atoms with Crippen LogP contribution in [0.4, 0.5) is 0 Å². The van der Waals surface area contributed by atoms with Crippen molar-refractivity contribution in [1.29, 1.82) is 0 Å². The highest BCUT2D eigenvalue weighted by atomic mass is 32.2. The molecule has 0 spiro atoms. The summed E-state index contributed by atoms with van der Waals surface area (Å²) in [6.45, 7) is 3.86. The van der Waals surface area contributed by atoms with Crippen molar-refractivity contribution in [3.8, 4) is 0 Å². The number of nitrogens with two attached hydrogens (primary N) is 7. The Balaban J connectivity index is 1.56. The molecule has 2 saturated heterocycles. The molecule has 2 aromatic carbocycles. The van der Waals surface area contributed by atoms with E-state index in [1.807, 2.05) is 20.1 Å². The molecule has 31 nitrogen and oxygen atoms in total. The van der Waals surface area contributed by atoms with E-state index in [9.17, 15) is 62.3 Å². The molecule has 95 heavy (non-hydrogen) atoms. The fraction of sp³-hybridized carbons (Fsp3) is 0.587. The fourth-order valence-electron chi connectivity index (χ4n) is 11.0. The zero-order valence-corrected chi connectivity index (χ0v) is 55.3. The first-order valence-electron chi connectivity index (χ1n) is 32.2. The van der Waals surface area contributed by atoms with Crippen LogP contribution in [-0.4, -0.2) is 198 Å². The maximum atomic E-state index is 14.7. The van der Waals surface area contributed by atoms with Gasteiger partial charge in [-0.05, 0) is 119 Å². The van der Waals surface area contributed by atoms with Crippen LogP contribution in [0.3, 0.4) is 0 Å². The molecular formula is C63H98N18O13S. The van der Waals surface area contributed by atoms with E-state index in [2.05, 4.69) is 47.5 Å². The Kier molecular flexibility index (Phi) is 33.9. The predicted octanol–water partition coefficient (Wildman–Crippen LogP) is -3.71. The van der Waals surface area contributed by atoms with Crippen LogP contribution in [0.25, 0.3) is 0 Å². The second-order valence-electron chi connectivity index (χ2n) is 24.1. The molecule has 10 atom stereocenters. The molecule has 0 radical (unpaired) electrons. The van der Waals surface area contributed by atoms with Crippen LogP contribution in [0, 0.1) is 5.92 Å². The lowest BCUT2D eigenvalue weighted by molar-refractivity contribution is -0.144. The molecule has 13 amide bonds. The molecule has 0 aromatic heterocycles. The van der Waals surface area contributed by atoms with Gasteiger partial charge in [-0.15, -0.1) is 0 Å². The van der Waals surface area contributed by atoms with Gasteiger partial charge >= 0.3 is 0 Å². The van der Waals surface area contributed by atoms with Gasteiger partial charge in [-0.1, -0.05) is 74.5 Å². The van der Waals surface area contributed by atoms with Gasteiger partial charge in [0, 0.05) is 45.3 Å². The van der Waals surface area contributed by atoms with Crippen molar-refractivity contribution in [3.63, 3.8) is 0 Å². The van der Waals surface area contributed by atoms with Gasteiger partial charge in [-0.25, -0.2) is 0 Å². The smallest absolute Gasteiger partial charge is 0.245 e. The summed E-state index contributed by atoms with van der Waals surface area (Å²) >= 11 is 1.45. The molecule has 0 bridgehead atoms. The Morgan fingerprint density at radius 2 is 1.01 bits per heavy atom. The van der Waals surface area contributed by atoms with Crippen LogP contribution in [-0.2, 0) is 75.2 Å². The quantitative estimate of drug-likeness (QED) is 0.0173. The Hall–Kier alpha value is -8.91. The summed E-state index contributed by atoms with van der Waals surface area (Å²) in [5, 5.41) is 21.1. The number of hydrogen-bond acceptors (Lipinski definition) is 17. The minimum Gasteiger partial charge on any atom is -0.370 e. The van der Waals surface area contributed by atoms with Gasteiger partial charge in [0.2, 0.25) is 76.8 Å². The van der Waals surface area contributed by atoms with E-state index < -0.39 is 169 Å². The number of unbranched alkanes of at least 4 members (excludes halogenated alkanes) is 1. The van der Waals surface area contributed by atoms with Crippen molar-refractivity contribution in [1.82, 2.24) is 52.3 Å². The first-order chi connectivity index (χ1) is 45.2. The molecule has 0 aliphatic carbocycles. The Bertz CT molecular complexity index is 2960. The molecule has 2 fully saturated rings. The molecular weight excluding hydrogens is 1250 g/mol. The lowest BCUT2D eigenvalue weighted by Gasteiger charge is -2.32. The van der Waals surface area contributed by atoms with Crippen LogP contribution in [0.5, 0.6) is 0 Å². The highest BCUT2D eigenvalue weighted by Crippen LogP contribution is 2.24. The normalized spacial score (nSPS) is 16.8. The van der Waals surface area contributed by atoms with Crippen LogP contribution >= 0.6 is 11.8 Å². The maximum absolute atomic E-state index is 14.7. The molecule has 4 rings (SSSR count). The fourth-order valence-corrected chi connectivity index (χ4v) is 11.5. The minimum absolute atomic E-state index is 0.0736. The number of carbonyl (C=O) groups is 13. The number of hydrogen-bond donors (Lipinski definition) is 15. The number of likely N-dealkylation sites (tertiary alicyclic amines) is 2. The van der Waals surface area contributed by atoms with Gasteiger partial charge in [0.25, 0.3) is 0 Å². The highest BCUT2D eigenvalue weighted by molar-refractivity contribution is 7.98. The van der Waals surface area contributed by atoms with E-state index in [0.29, 0.717) is 55.4 Å². The Morgan fingerprint density at radius 1 is 0.537 bits per heavy atom. The average Bonchev–Trinajstić information content (AvgIpc) is 1.74. The molecule has 2 heterocycles. The molecule has 2 aromatic rings. The molecule has 524 valence electrons. The number of benzene rings is 2. The first-order valence-corrected chi connectivity index (χ1v) is 33.6. The summed E-state index contributed by atoms with van der Waals surface area (Å²) in [6, 6.07) is 4.51. The lowest BCUT2D eigenvalue weighted by atomic mass is 10.0. The third kappa shape index (κ3) is 27.5. The van der Waals surface area contributed by atoms with E-state index in [1.54, 1.807) is 60.7 Å². The van der Waals surface area contributed by atoms with E-state index >= 15 is 0 Å². The summed E-state index contributed by atoms with van der Waals surface area (Å²) in [7, 11) is 0. The summed E-state index contributed by atoms with van der Waals surface area (Å²) in [6.07, 6.45) is 3.12. The number of aliphatic imine (C=N–C) groups is 1. The van der Waals surface area contributed by atoms with E-state index in [0.717, 1.165) is 0 Å². The van der Waals surface area contributed by atoms with Crippen molar-refractivity contribution in [2.45, 2.75) is 183 Å². The SMILES string of the molecule is CSCC[C@H](NC(=O)[C@@H](CC(C)C)NC(=O)CNC(=O)[C@H](Cc1ccccc1)NC(=O)[C@@H](Cc1ccccc1)NC(=O)[C@H](CCC(N)=O)NC(=O)[C@H](CCC(N)=O)NC(=O)[C@@H]1CCCN1C(=O)[C@H](CCCCN)NC(=O)[C@H]1CCCN1C(=O)[C@@H](N)CCCN=C(N)N)C(N)=O. The standard InChI is InChI=1S/C63H98N18O13S/c1-37(2)33-45(57(89)74-41(53(68)85)27-32-95-3)73-52(84)36-72-54(86)46(34-38-15-6-4-7-16-38)78-58(90)47(35-39-17-8-5-9-18-39)79-56(88)42(23-25-50(66)82)75-55(87)43(24-26-51(67)83)76-59(91)49-22-14-31-81(49)62(94)44(20-10-11-28-64)77-60(92)48-21-13-30-80(48)61(93)40(65)19-12-29-71-63(69)70/h4-9,15-18,37,40-49H,10-14,19-36,64-65H2,1-3H3,(H2,66,82)(H2,67,83)(H2,68,85)(H,72,86)(H,73,84)(H,74,89)(H,75,87)(H,76,91)(H,77,92)(H,78,90)(H,79,88)(H4,69,70,71)/t40-,41-,42-,43-,44-,45+,46-,47+,48+,49-/m0/s1. The third-order valence-corrected chi connectivity index (χ3v) is 16.7. The zero-order chi connectivity index (χ0) is 70.1. The number of carbonyl (C=O) groups excluding carboxylic acids is 13. The second kappa shape index (κ2) is 41.0. The third-order valence-electron chi connectivity index (χ3n) is 16.0. The number of guanidine groups is 1. The molecule has 2 aliphatic heterocycles. The van der Waals surface area contributed by atoms with Crippen molar-refractivity contribution >= 4 is 94.5 Å². The lowest BCUT2D eigenvalue weighted by Crippen LogP contribution is -2.60. The number of thioether (sulfide) groups is 1. The van der Waals surface area contributed by atoms with E-state index in [4.69, 9.17) is 40.1 Å². The topological polar surface area (TPSA) is 519 Å². The van der Waals surface area contributed by atoms with Gasteiger partial charge in [-0.3, -0.25) is 67.3 Å². The van der Waals surface area contributed by atoms with Gasteiger partial charge in [0.05, 0.1) is 12.6 Å². The largest absolute Gasteiger partial charge is 0.370 e. The van der Waals surface area contributed by atoms with Gasteiger partial charge in [-0.2, -0.15) is 11.8 Å². The highest BCUT2D eigenvalue weighted by Gasteiger charge is 2.42. The van der Waals surface area contributed by atoms with Crippen LogP contribution in [0.15, 0.2) is 65.7 Å². The van der Waals surface area contributed by atoms with Crippen molar-refractivity contribution in [2.75, 3.05) is 44.7 Å². The summed E-state index contributed by atoms with van der Waals surface area (Å²) in [5.41, 5.74) is 40.6. The molecule has 2 aliphatic rings. The monoisotopic (exact) mass is 1350 g/mol. The average molecular weight is 1350 g/mol. The Labute approximate surface area is 558 Å². The van der Waals surface area contributed by atoms with Crippen LogP contribution in [0.1, 0.15) is 121 Å². The number of nitrogens with zero attached hydrogens (tertiary/aromatic N) is 3. The predicted molar refractivity (Wildman–Crippen MR) is 356 cm³/mol. The molecule has 22 N–H and O–H groups in total. The Morgan fingerprint density at radius 3 is 1.51 bits per heavy atom. The number of primary amides is 3. The van der Waals surface area contributed by atoms with Crippen molar-refractivity contribution in [2.24, 2.45) is 51.0 Å². The molecule has 0 unspecified atom stereocenters. The maximum Gasteiger partial charge on any atom is 0.245 e. The van der Waals surface area contributed by atoms with Crippen LogP contribution in [0.2, 0.25) is 0 Å². The zero-order valence-electron chi connectivity index (χ0n) is 54.5. The first kappa shape index (κ1) is 78.5. The van der Waals surface area contributed by atoms with E-state index in [-0.39, 0.29) is 83.0 Å². The number of nitrogens with one attached hydrogen (secondary N) is 8. The van der Waals surface area contributed by atoms with Gasteiger partial charge < -0.3 is 92.5 Å². The van der Waals surface area contributed by atoms with Gasteiger partial charge in [0.15, 0.2) is 5.96 Å². The number of rotatable bonds is 42. The number of amides is 13. The minimum atomic E-state index is -1.64. The summed E-state index contributed by atoms with van der Waals surface area (Å²) in [5.74, 6) is -9.80. The summed E-state index contributed by atoms with van der Waals surface area (Å²) in [4.78, 5) is 185.